The number of hydrogen-bond donors (Lipinski definition) is 2. The Labute approximate surface area is 104 Å². The molecule has 3 nitrogen and oxygen atoms in total. The van der Waals surface area contributed by atoms with Gasteiger partial charge in [0.2, 0.25) is 0 Å². The summed E-state index contributed by atoms with van der Waals surface area (Å²) in [6.07, 6.45) is 0.253. The van der Waals surface area contributed by atoms with E-state index in [0.717, 1.165) is 21.2 Å². The van der Waals surface area contributed by atoms with Crippen LogP contribution in [0, 0.1) is 20.8 Å². The van der Waals surface area contributed by atoms with Crippen molar-refractivity contribution in [3.8, 4) is 5.75 Å². The second kappa shape index (κ2) is 4.97. The zero-order valence-electron chi connectivity index (χ0n) is 9.72. The highest BCUT2D eigenvalue weighted by molar-refractivity contribution is 9.10. The SMILES string of the molecule is Cc1c(C)c(Br)c(C)c(C(=O)CCN)c1O. The maximum absolute atomic E-state index is 11.8. The van der Waals surface area contributed by atoms with Crippen molar-refractivity contribution >= 4 is 21.7 Å². The molecule has 0 aliphatic carbocycles. The molecule has 0 saturated heterocycles. The van der Waals surface area contributed by atoms with Gasteiger partial charge < -0.3 is 10.8 Å². The van der Waals surface area contributed by atoms with Crippen molar-refractivity contribution < 1.29 is 9.90 Å². The van der Waals surface area contributed by atoms with Gasteiger partial charge in [0, 0.05) is 10.9 Å². The van der Waals surface area contributed by atoms with Crippen LogP contribution in [0.2, 0.25) is 0 Å². The van der Waals surface area contributed by atoms with Crippen LogP contribution in [0.3, 0.4) is 0 Å². The Bertz CT molecular complexity index is 412. The number of nitrogens with two attached hydrogens (primary N) is 1. The summed E-state index contributed by atoms with van der Waals surface area (Å²) in [4.78, 5) is 11.8. The number of carbonyl (C=O) groups excluding carboxylic acids is 1. The van der Waals surface area contributed by atoms with Crippen LogP contribution >= 0.6 is 15.9 Å². The summed E-state index contributed by atoms with van der Waals surface area (Å²) in [5.41, 5.74) is 8.22. The minimum absolute atomic E-state index is 0.0802. The summed E-state index contributed by atoms with van der Waals surface area (Å²) in [6.45, 7) is 5.82. The smallest absolute Gasteiger partial charge is 0.168 e. The van der Waals surface area contributed by atoms with Gasteiger partial charge in [0.15, 0.2) is 5.78 Å². The molecule has 3 N–H and O–H groups in total. The molecule has 0 amide bonds. The molecule has 0 spiro atoms. The largest absolute Gasteiger partial charge is 0.507 e. The molecule has 0 saturated carbocycles. The number of phenols is 1. The van der Waals surface area contributed by atoms with Gasteiger partial charge >= 0.3 is 0 Å². The van der Waals surface area contributed by atoms with E-state index in [9.17, 15) is 9.90 Å². The Balaban J connectivity index is 3.45. The lowest BCUT2D eigenvalue weighted by atomic mass is 9.95. The van der Waals surface area contributed by atoms with E-state index in [1.807, 2.05) is 13.8 Å². The number of phenolic OH excluding ortho intramolecular Hbond substituents is 1. The standard InChI is InChI=1S/C12H16BrNO2/c1-6-7(2)12(16)10(8(3)11(6)13)9(15)4-5-14/h16H,4-5,14H2,1-3H3. The molecule has 1 rings (SSSR count). The first kappa shape index (κ1) is 13.2. The number of rotatable bonds is 3. The third-order valence-corrected chi connectivity index (χ3v) is 4.03. The highest BCUT2D eigenvalue weighted by Crippen LogP contribution is 2.35. The normalized spacial score (nSPS) is 10.6. The quantitative estimate of drug-likeness (QED) is 0.839. The Morgan fingerprint density at radius 1 is 1.25 bits per heavy atom. The van der Waals surface area contributed by atoms with Crippen molar-refractivity contribution in [1.29, 1.82) is 0 Å². The zero-order valence-corrected chi connectivity index (χ0v) is 11.3. The van der Waals surface area contributed by atoms with E-state index >= 15 is 0 Å². The number of halogens is 1. The highest BCUT2D eigenvalue weighted by Gasteiger charge is 2.20. The Morgan fingerprint density at radius 2 is 1.81 bits per heavy atom. The molecular weight excluding hydrogens is 270 g/mol. The number of hydrogen-bond acceptors (Lipinski definition) is 3. The zero-order chi connectivity index (χ0) is 12.5. The molecule has 1 aromatic carbocycles. The van der Waals surface area contributed by atoms with E-state index in [1.54, 1.807) is 6.92 Å². The van der Waals surface area contributed by atoms with Gasteiger partial charge in [-0.25, -0.2) is 0 Å². The van der Waals surface area contributed by atoms with Gasteiger partial charge in [-0.1, -0.05) is 15.9 Å². The van der Waals surface area contributed by atoms with Crippen molar-refractivity contribution in [3.63, 3.8) is 0 Å². The predicted molar refractivity (Wildman–Crippen MR) is 68.0 cm³/mol. The van der Waals surface area contributed by atoms with Crippen molar-refractivity contribution in [2.24, 2.45) is 5.73 Å². The fraction of sp³-hybridized carbons (Fsp3) is 0.417. The summed E-state index contributed by atoms with van der Waals surface area (Å²) >= 11 is 3.44. The summed E-state index contributed by atoms with van der Waals surface area (Å²) < 4.78 is 0.878. The van der Waals surface area contributed by atoms with Crippen LogP contribution in [0.4, 0.5) is 0 Å². The molecule has 0 atom stereocenters. The van der Waals surface area contributed by atoms with Crippen molar-refractivity contribution in [2.75, 3.05) is 6.54 Å². The van der Waals surface area contributed by atoms with E-state index in [4.69, 9.17) is 5.73 Å². The molecule has 0 aliphatic heterocycles. The predicted octanol–water partition coefficient (Wildman–Crippen LogP) is 2.61. The molecule has 0 aromatic heterocycles. The molecule has 88 valence electrons. The van der Waals surface area contributed by atoms with Crippen LogP contribution in [0.15, 0.2) is 4.47 Å². The van der Waals surface area contributed by atoms with Crippen molar-refractivity contribution in [3.05, 3.63) is 26.7 Å². The molecule has 0 radical (unpaired) electrons. The second-order valence-corrected chi connectivity index (χ2v) is 4.67. The van der Waals surface area contributed by atoms with E-state index in [1.165, 1.54) is 0 Å². The highest BCUT2D eigenvalue weighted by atomic mass is 79.9. The topological polar surface area (TPSA) is 63.3 Å². The Hall–Kier alpha value is -0.870. The van der Waals surface area contributed by atoms with Crippen LogP contribution in [-0.4, -0.2) is 17.4 Å². The minimum atomic E-state index is -0.110. The molecule has 16 heavy (non-hydrogen) atoms. The van der Waals surface area contributed by atoms with Gasteiger partial charge in [-0.3, -0.25) is 4.79 Å². The fourth-order valence-corrected chi connectivity index (χ4v) is 2.19. The molecule has 0 unspecified atom stereocenters. The minimum Gasteiger partial charge on any atom is -0.507 e. The van der Waals surface area contributed by atoms with Crippen LogP contribution < -0.4 is 5.73 Å². The number of aromatic hydroxyl groups is 1. The first-order chi connectivity index (χ1) is 7.41. The molecule has 0 fully saturated rings. The van der Waals surface area contributed by atoms with E-state index in [-0.39, 0.29) is 18.0 Å². The summed E-state index contributed by atoms with van der Waals surface area (Å²) in [6, 6.07) is 0. The van der Waals surface area contributed by atoms with E-state index in [2.05, 4.69) is 15.9 Å². The average molecular weight is 286 g/mol. The lowest BCUT2D eigenvalue weighted by molar-refractivity contribution is 0.0982. The summed E-state index contributed by atoms with van der Waals surface area (Å²) in [5, 5.41) is 10.00. The third-order valence-electron chi connectivity index (χ3n) is 2.84. The Morgan fingerprint density at radius 3 is 2.31 bits per heavy atom. The monoisotopic (exact) mass is 285 g/mol. The van der Waals surface area contributed by atoms with Crippen LogP contribution in [0.5, 0.6) is 5.75 Å². The lowest BCUT2D eigenvalue weighted by Gasteiger charge is -2.15. The van der Waals surface area contributed by atoms with Crippen molar-refractivity contribution in [1.82, 2.24) is 0 Å². The van der Waals surface area contributed by atoms with Gasteiger partial charge in [0.1, 0.15) is 5.75 Å². The fourth-order valence-electron chi connectivity index (χ4n) is 1.70. The van der Waals surface area contributed by atoms with Crippen LogP contribution in [-0.2, 0) is 0 Å². The maximum atomic E-state index is 11.8. The molecular formula is C12H16BrNO2. The van der Waals surface area contributed by atoms with E-state index in [0.29, 0.717) is 12.1 Å². The van der Waals surface area contributed by atoms with Gasteiger partial charge in [0.25, 0.3) is 0 Å². The first-order valence-corrected chi connectivity index (χ1v) is 5.92. The molecule has 0 aliphatic rings. The van der Waals surface area contributed by atoms with Gasteiger partial charge in [0.05, 0.1) is 5.56 Å². The molecule has 0 bridgehead atoms. The Kier molecular flexibility index (Phi) is 4.10. The second-order valence-electron chi connectivity index (χ2n) is 3.87. The molecule has 0 heterocycles. The summed E-state index contributed by atoms with van der Waals surface area (Å²) in [5.74, 6) is -0.0297. The van der Waals surface area contributed by atoms with Crippen LogP contribution in [0.1, 0.15) is 33.5 Å². The number of carbonyl (C=O) groups is 1. The van der Waals surface area contributed by atoms with Gasteiger partial charge in [-0.05, 0) is 44.0 Å². The average Bonchev–Trinajstić information content (AvgIpc) is 2.24. The van der Waals surface area contributed by atoms with E-state index < -0.39 is 0 Å². The number of ketones is 1. The first-order valence-electron chi connectivity index (χ1n) is 5.13. The number of benzene rings is 1. The lowest BCUT2D eigenvalue weighted by Crippen LogP contribution is -2.11. The van der Waals surface area contributed by atoms with Crippen LogP contribution in [0.25, 0.3) is 0 Å². The van der Waals surface area contributed by atoms with Gasteiger partial charge in [-0.15, -0.1) is 0 Å². The summed E-state index contributed by atoms with van der Waals surface area (Å²) in [7, 11) is 0. The molecule has 1 aromatic rings. The van der Waals surface area contributed by atoms with Crippen molar-refractivity contribution in [2.45, 2.75) is 27.2 Å². The van der Waals surface area contributed by atoms with Gasteiger partial charge in [-0.2, -0.15) is 0 Å². The maximum Gasteiger partial charge on any atom is 0.168 e. The third kappa shape index (κ3) is 2.13. The number of Topliss-reactive ketones (excluding diaryl/α,β-unsaturated/α-hetero) is 1. The molecule has 4 heteroatoms.